The zero-order chi connectivity index (χ0) is 17.8. The molecule has 126 valence electrons. The van der Waals surface area contributed by atoms with Gasteiger partial charge >= 0.3 is 6.03 Å². The van der Waals surface area contributed by atoms with Crippen LogP contribution in [0.4, 0.5) is 4.79 Å². The first-order valence-corrected chi connectivity index (χ1v) is 9.22. The number of benzene rings is 2. The number of rotatable bonds is 2. The molecule has 0 aliphatic carbocycles. The first-order valence-electron chi connectivity index (χ1n) is 6.27. The van der Waals surface area contributed by atoms with Gasteiger partial charge in [0.15, 0.2) is 0 Å². The van der Waals surface area contributed by atoms with Gasteiger partial charge in [0, 0.05) is 10.8 Å². The number of nitrogens with zero attached hydrogens (tertiary/aromatic N) is 1. The van der Waals surface area contributed by atoms with E-state index in [9.17, 15) is 18.0 Å². The molecule has 3 amide bonds. The SMILES string of the molecule is O=C1CN(S(=O)(=O)c2ccc3c(Cl)c(Cl)c(Cl)c(Cl)c3c2)C(=O)N1. The Morgan fingerprint density at radius 2 is 1.50 bits per heavy atom. The van der Waals surface area contributed by atoms with Crippen molar-refractivity contribution in [3.05, 3.63) is 38.3 Å². The summed E-state index contributed by atoms with van der Waals surface area (Å²) in [6.07, 6.45) is 0. The number of carbonyl (C=O) groups excluding carboxylic acids is 2. The summed E-state index contributed by atoms with van der Waals surface area (Å²) in [4.78, 5) is 22.6. The van der Waals surface area contributed by atoms with Gasteiger partial charge in [-0.15, -0.1) is 0 Å². The van der Waals surface area contributed by atoms with E-state index in [1.54, 1.807) is 0 Å². The molecule has 2 aromatic rings. The van der Waals surface area contributed by atoms with Crippen molar-refractivity contribution < 1.29 is 18.0 Å². The van der Waals surface area contributed by atoms with Gasteiger partial charge in [0.1, 0.15) is 6.54 Å². The average Bonchev–Trinajstić information content (AvgIpc) is 2.89. The molecule has 1 aliphatic heterocycles. The Balaban J connectivity index is 2.22. The molecule has 24 heavy (non-hydrogen) atoms. The average molecular weight is 428 g/mol. The van der Waals surface area contributed by atoms with Gasteiger partial charge in [0.05, 0.1) is 25.0 Å². The molecule has 11 heteroatoms. The fraction of sp³-hybridized carbons (Fsp3) is 0.0769. The van der Waals surface area contributed by atoms with Crippen LogP contribution < -0.4 is 5.32 Å². The molecule has 1 aliphatic rings. The van der Waals surface area contributed by atoms with E-state index in [1.807, 2.05) is 5.32 Å². The van der Waals surface area contributed by atoms with Crippen molar-refractivity contribution in [1.82, 2.24) is 9.62 Å². The lowest BCUT2D eigenvalue weighted by Crippen LogP contribution is -2.34. The lowest BCUT2D eigenvalue weighted by Gasteiger charge is -2.15. The van der Waals surface area contributed by atoms with Gasteiger partial charge in [-0.25, -0.2) is 17.5 Å². The summed E-state index contributed by atoms with van der Waals surface area (Å²) < 4.78 is 25.6. The Labute approximate surface area is 156 Å². The van der Waals surface area contributed by atoms with Crippen molar-refractivity contribution in [2.45, 2.75) is 4.90 Å². The van der Waals surface area contributed by atoms with E-state index < -0.39 is 28.5 Å². The minimum atomic E-state index is -4.24. The third kappa shape index (κ3) is 2.60. The largest absolute Gasteiger partial charge is 0.338 e. The maximum Gasteiger partial charge on any atom is 0.338 e. The predicted octanol–water partition coefficient (Wildman–Crippen LogP) is 3.69. The van der Waals surface area contributed by atoms with Crippen molar-refractivity contribution in [2.24, 2.45) is 0 Å². The maximum absolute atomic E-state index is 12.6. The second-order valence-electron chi connectivity index (χ2n) is 4.83. The van der Waals surface area contributed by atoms with Crippen molar-refractivity contribution in [3.63, 3.8) is 0 Å². The number of imide groups is 1. The highest BCUT2D eigenvalue weighted by molar-refractivity contribution is 7.89. The van der Waals surface area contributed by atoms with Gasteiger partial charge in [0.2, 0.25) is 5.91 Å². The molecule has 3 rings (SSSR count). The van der Waals surface area contributed by atoms with E-state index in [-0.39, 0.29) is 30.4 Å². The van der Waals surface area contributed by atoms with Crippen LogP contribution in [0.1, 0.15) is 0 Å². The van der Waals surface area contributed by atoms with Crippen LogP contribution in [0.5, 0.6) is 0 Å². The predicted molar refractivity (Wildman–Crippen MR) is 91.4 cm³/mol. The normalized spacial score (nSPS) is 15.2. The molecule has 2 aromatic carbocycles. The lowest BCUT2D eigenvalue weighted by molar-refractivity contribution is -0.118. The van der Waals surface area contributed by atoms with Crippen LogP contribution in [0.3, 0.4) is 0 Å². The molecule has 0 spiro atoms. The first kappa shape index (κ1) is 17.6. The Hall–Kier alpha value is -1.25. The quantitative estimate of drug-likeness (QED) is 0.450. The van der Waals surface area contributed by atoms with Gasteiger partial charge < -0.3 is 0 Å². The summed E-state index contributed by atoms with van der Waals surface area (Å²) in [6, 6.07) is 2.84. The summed E-state index contributed by atoms with van der Waals surface area (Å²) in [5.41, 5.74) is 0. The topological polar surface area (TPSA) is 83.6 Å². The minimum Gasteiger partial charge on any atom is -0.275 e. The highest BCUT2D eigenvalue weighted by Crippen LogP contribution is 2.43. The monoisotopic (exact) mass is 426 g/mol. The fourth-order valence-electron chi connectivity index (χ4n) is 2.23. The molecule has 0 saturated carbocycles. The molecule has 1 fully saturated rings. The van der Waals surface area contributed by atoms with Gasteiger partial charge in [0.25, 0.3) is 10.0 Å². The number of halogens is 4. The van der Waals surface area contributed by atoms with E-state index in [0.717, 1.165) is 0 Å². The lowest BCUT2D eigenvalue weighted by atomic mass is 10.1. The Morgan fingerprint density at radius 1 is 0.917 bits per heavy atom. The number of amides is 3. The van der Waals surface area contributed by atoms with Crippen LogP contribution in [0, 0.1) is 0 Å². The number of fused-ring (bicyclic) bond motifs is 1. The van der Waals surface area contributed by atoms with Crippen molar-refractivity contribution >= 4 is 79.1 Å². The highest BCUT2D eigenvalue weighted by atomic mass is 35.5. The summed E-state index contributed by atoms with van der Waals surface area (Å²) in [6.45, 7) is -0.588. The summed E-state index contributed by atoms with van der Waals surface area (Å²) >= 11 is 24.2. The van der Waals surface area contributed by atoms with E-state index in [4.69, 9.17) is 46.4 Å². The van der Waals surface area contributed by atoms with Crippen LogP contribution in [0.15, 0.2) is 23.1 Å². The molecule has 0 radical (unpaired) electrons. The van der Waals surface area contributed by atoms with Gasteiger partial charge in [-0.1, -0.05) is 52.5 Å². The van der Waals surface area contributed by atoms with Gasteiger partial charge in [-0.05, 0) is 12.1 Å². The zero-order valence-corrected chi connectivity index (χ0v) is 15.3. The van der Waals surface area contributed by atoms with Crippen LogP contribution in [0.25, 0.3) is 10.8 Å². The molecule has 1 N–H and O–H groups in total. The highest BCUT2D eigenvalue weighted by Gasteiger charge is 2.37. The Kier molecular flexibility index (Phi) is 4.34. The third-order valence-corrected chi connectivity index (χ3v) is 6.95. The van der Waals surface area contributed by atoms with Crippen molar-refractivity contribution in [2.75, 3.05) is 6.54 Å². The molecule has 1 saturated heterocycles. The van der Waals surface area contributed by atoms with E-state index in [1.165, 1.54) is 18.2 Å². The molecule has 0 unspecified atom stereocenters. The van der Waals surface area contributed by atoms with E-state index in [2.05, 4.69) is 0 Å². The third-order valence-electron chi connectivity index (χ3n) is 3.39. The molecule has 0 bridgehead atoms. The maximum atomic E-state index is 12.6. The summed E-state index contributed by atoms with van der Waals surface area (Å²) in [5.74, 6) is -0.708. The molecule has 0 aromatic heterocycles. The Morgan fingerprint density at radius 3 is 2.04 bits per heavy atom. The Bertz CT molecular complexity index is 1020. The number of nitrogens with one attached hydrogen (secondary N) is 1. The number of carbonyl (C=O) groups is 2. The van der Waals surface area contributed by atoms with Crippen LogP contribution in [-0.2, 0) is 14.8 Å². The van der Waals surface area contributed by atoms with Gasteiger partial charge in [-0.2, -0.15) is 0 Å². The zero-order valence-electron chi connectivity index (χ0n) is 11.4. The molecular weight excluding hydrogens is 422 g/mol. The van der Waals surface area contributed by atoms with Gasteiger partial charge in [-0.3, -0.25) is 10.1 Å². The number of hydrogen-bond acceptors (Lipinski definition) is 4. The number of urea groups is 1. The molecule has 0 atom stereocenters. The number of hydrogen-bond donors (Lipinski definition) is 1. The van der Waals surface area contributed by atoms with Crippen molar-refractivity contribution in [3.8, 4) is 0 Å². The molecule has 1 heterocycles. The van der Waals surface area contributed by atoms with Crippen LogP contribution >= 0.6 is 46.4 Å². The minimum absolute atomic E-state index is 0.0144. The van der Waals surface area contributed by atoms with Crippen molar-refractivity contribution in [1.29, 1.82) is 0 Å². The van der Waals surface area contributed by atoms with Crippen LogP contribution in [-0.4, -0.2) is 31.2 Å². The molecule has 6 nitrogen and oxygen atoms in total. The summed E-state index contributed by atoms with van der Waals surface area (Å²) in [7, 11) is -4.24. The molecular formula is C13H6Cl4N2O4S. The van der Waals surface area contributed by atoms with E-state index in [0.29, 0.717) is 9.69 Å². The fourth-order valence-corrected chi connectivity index (χ4v) is 4.54. The summed E-state index contributed by atoms with van der Waals surface area (Å²) in [5, 5.41) is 2.74. The number of sulfonamides is 1. The first-order chi connectivity index (χ1) is 11.1. The smallest absolute Gasteiger partial charge is 0.275 e. The standard InChI is InChI=1S/C13H6Cl4N2O4S/c14-9-6-2-1-5(3-7(6)10(15)12(17)11(9)16)24(22,23)19-4-8(20)18-13(19)21/h1-3H,4H2,(H,18,20,21). The second-order valence-corrected chi connectivity index (χ2v) is 8.20. The van der Waals surface area contributed by atoms with Crippen LogP contribution in [0.2, 0.25) is 20.1 Å². The van der Waals surface area contributed by atoms with E-state index >= 15 is 0 Å². The second kappa shape index (κ2) is 5.93.